The van der Waals surface area contributed by atoms with Crippen LogP contribution in [0.2, 0.25) is 0 Å². The summed E-state index contributed by atoms with van der Waals surface area (Å²) in [5.74, 6) is 1.02. The summed E-state index contributed by atoms with van der Waals surface area (Å²) < 4.78 is 3.03. The Bertz CT molecular complexity index is 462. The molecule has 4 heteroatoms. The molecule has 0 unspecified atom stereocenters. The van der Waals surface area contributed by atoms with Gasteiger partial charge in [0.15, 0.2) is 0 Å². The number of imidazole rings is 1. The molecule has 0 fully saturated rings. The highest BCUT2D eigenvalue weighted by molar-refractivity contribution is 9.10. The Labute approximate surface area is 91.1 Å². The van der Waals surface area contributed by atoms with Crippen molar-refractivity contribution in [3.63, 3.8) is 0 Å². The smallest absolute Gasteiger partial charge is 0.132 e. The van der Waals surface area contributed by atoms with Gasteiger partial charge in [-0.2, -0.15) is 0 Å². The normalized spacial score (nSPS) is 11.1. The van der Waals surface area contributed by atoms with Gasteiger partial charge < -0.3 is 5.73 Å². The number of nitrogens with two attached hydrogens (primary N) is 1. The Morgan fingerprint density at radius 1 is 1.50 bits per heavy atom. The van der Waals surface area contributed by atoms with Crippen LogP contribution < -0.4 is 5.73 Å². The van der Waals surface area contributed by atoms with E-state index >= 15 is 0 Å². The summed E-state index contributed by atoms with van der Waals surface area (Å²) >= 11 is 3.45. The van der Waals surface area contributed by atoms with E-state index in [9.17, 15) is 0 Å². The lowest BCUT2D eigenvalue weighted by molar-refractivity contribution is 0.848. The van der Waals surface area contributed by atoms with Crippen LogP contribution in [0.3, 0.4) is 0 Å². The van der Waals surface area contributed by atoms with Crippen LogP contribution in [0, 0.1) is 6.92 Å². The van der Waals surface area contributed by atoms with Gasteiger partial charge in [-0.1, -0.05) is 6.07 Å². The van der Waals surface area contributed by atoms with Gasteiger partial charge in [0.25, 0.3) is 0 Å². The lowest BCUT2D eigenvalue weighted by atomic mass is 10.3. The van der Waals surface area contributed by atoms with Crippen LogP contribution in [-0.4, -0.2) is 15.9 Å². The topological polar surface area (TPSA) is 43.3 Å². The van der Waals surface area contributed by atoms with Gasteiger partial charge in [0, 0.05) is 12.1 Å². The third-order valence-electron chi connectivity index (χ3n) is 2.25. The van der Waals surface area contributed by atoms with Gasteiger partial charge in [0.1, 0.15) is 10.4 Å². The Kier molecular flexibility index (Phi) is 2.56. The predicted molar refractivity (Wildman–Crippen MR) is 60.4 cm³/mol. The first kappa shape index (κ1) is 9.68. The molecule has 0 saturated heterocycles. The maximum Gasteiger partial charge on any atom is 0.132 e. The predicted octanol–water partition coefficient (Wildman–Crippen LogP) is 1.91. The Morgan fingerprint density at radius 3 is 3.00 bits per heavy atom. The second-order valence-electron chi connectivity index (χ2n) is 3.25. The molecular formula is C10H12BrN3. The van der Waals surface area contributed by atoms with Gasteiger partial charge in [0.2, 0.25) is 0 Å². The van der Waals surface area contributed by atoms with E-state index in [2.05, 4.69) is 38.3 Å². The zero-order valence-electron chi connectivity index (χ0n) is 8.00. The fourth-order valence-electron chi connectivity index (χ4n) is 1.64. The lowest BCUT2D eigenvalue weighted by Gasteiger charge is -2.02. The molecule has 0 aliphatic heterocycles. The highest BCUT2D eigenvalue weighted by Gasteiger charge is 2.08. The van der Waals surface area contributed by atoms with Crippen molar-refractivity contribution in [1.29, 1.82) is 0 Å². The summed E-state index contributed by atoms with van der Waals surface area (Å²) in [7, 11) is 0. The average molecular weight is 254 g/mol. The Balaban J connectivity index is 2.72. The fraction of sp³-hybridized carbons (Fsp3) is 0.300. The van der Waals surface area contributed by atoms with Gasteiger partial charge >= 0.3 is 0 Å². The van der Waals surface area contributed by atoms with Crippen LogP contribution in [0.5, 0.6) is 0 Å². The van der Waals surface area contributed by atoms with Crippen molar-refractivity contribution in [3.05, 3.63) is 34.3 Å². The maximum absolute atomic E-state index is 5.54. The summed E-state index contributed by atoms with van der Waals surface area (Å²) in [5, 5.41) is 0. The molecule has 0 spiro atoms. The van der Waals surface area contributed by atoms with Crippen molar-refractivity contribution in [3.8, 4) is 0 Å². The minimum Gasteiger partial charge on any atom is -0.330 e. The molecule has 0 aromatic carbocycles. The monoisotopic (exact) mass is 253 g/mol. The largest absolute Gasteiger partial charge is 0.330 e. The zero-order valence-corrected chi connectivity index (χ0v) is 9.58. The number of nitrogens with zero attached hydrogens (tertiary/aromatic N) is 2. The van der Waals surface area contributed by atoms with Crippen LogP contribution in [0.4, 0.5) is 0 Å². The molecule has 0 aliphatic carbocycles. The molecule has 2 rings (SSSR count). The molecule has 2 N–H and O–H groups in total. The molecule has 0 amide bonds. The number of hydrogen-bond acceptors (Lipinski definition) is 2. The molecule has 2 heterocycles. The number of rotatable bonds is 2. The Morgan fingerprint density at radius 2 is 2.29 bits per heavy atom. The SMILES string of the molecule is Cc1cccc2c(Br)nc(CCN)n12. The summed E-state index contributed by atoms with van der Waals surface area (Å²) in [6.07, 6.45) is 0.803. The van der Waals surface area contributed by atoms with Gasteiger partial charge in [0.05, 0.1) is 5.52 Å². The number of fused-ring (bicyclic) bond motifs is 1. The van der Waals surface area contributed by atoms with Crippen molar-refractivity contribution >= 4 is 21.4 Å². The highest BCUT2D eigenvalue weighted by Crippen LogP contribution is 2.20. The second kappa shape index (κ2) is 3.71. The number of pyridine rings is 1. The standard InChI is InChI=1S/C10H12BrN3/c1-7-3-2-4-8-10(11)13-9(5-6-12)14(7)8/h2-4H,5-6,12H2,1H3. The number of hydrogen-bond donors (Lipinski definition) is 1. The van der Waals surface area contributed by atoms with Crippen LogP contribution >= 0.6 is 15.9 Å². The highest BCUT2D eigenvalue weighted by atomic mass is 79.9. The summed E-state index contributed by atoms with van der Waals surface area (Å²) in [6.45, 7) is 2.70. The first-order valence-corrected chi connectivity index (χ1v) is 5.36. The van der Waals surface area contributed by atoms with Crippen molar-refractivity contribution in [2.45, 2.75) is 13.3 Å². The minimum atomic E-state index is 0.625. The average Bonchev–Trinajstić information content (AvgIpc) is 2.46. The van der Waals surface area contributed by atoms with E-state index in [1.807, 2.05) is 12.1 Å². The van der Waals surface area contributed by atoms with E-state index in [1.165, 1.54) is 5.69 Å². The van der Waals surface area contributed by atoms with E-state index < -0.39 is 0 Å². The summed E-state index contributed by atoms with van der Waals surface area (Å²) in [5.41, 5.74) is 7.83. The Hall–Kier alpha value is -0.870. The molecule has 74 valence electrons. The van der Waals surface area contributed by atoms with Crippen LogP contribution in [0.15, 0.2) is 22.8 Å². The summed E-state index contributed by atoms with van der Waals surface area (Å²) in [6, 6.07) is 6.15. The van der Waals surface area contributed by atoms with E-state index in [-0.39, 0.29) is 0 Å². The summed E-state index contributed by atoms with van der Waals surface area (Å²) in [4.78, 5) is 4.44. The van der Waals surface area contributed by atoms with E-state index in [0.717, 1.165) is 22.4 Å². The van der Waals surface area contributed by atoms with Crippen LogP contribution in [0.25, 0.3) is 5.52 Å². The molecule has 2 aromatic heterocycles. The van der Waals surface area contributed by atoms with E-state index in [0.29, 0.717) is 6.54 Å². The van der Waals surface area contributed by atoms with Gasteiger partial charge in [-0.3, -0.25) is 4.40 Å². The zero-order chi connectivity index (χ0) is 10.1. The number of aryl methyl sites for hydroxylation is 1. The quantitative estimate of drug-likeness (QED) is 0.889. The molecule has 0 saturated carbocycles. The number of aromatic nitrogens is 2. The van der Waals surface area contributed by atoms with Crippen LogP contribution in [0.1, 0.15) is 11.5 Å². The van der Waals surface area contributed by atoms with Crippen LogP contribution in [-0.2, 0) is 6.42 Å². The first-order chi connectivity index (χ1) is 6.74. The fourth-order valence-corrected chi connectivity index (χ4v) is 2.15. The van der Waals surface area contributed by atoms with Crippen molar-refractivity contribution in [1.82, 2.24) is 9.38 Å². The third-order valence-corrected chi connectivity index (χ3v) is 2.83. The first-order valence-electron chi connectivity index (χ1n) is 4.56. The third kappa shape index (κ3) is 1.44. The molecule has 2 aromatic rings. The molecular weight excluding hydrogens is 242 g/mol. The van der Waals surface area contributed by atoms with E-state index in [1.54, 1.807) is 0 Å². The molecule has 0 radical (unpaired) electrons. The molecule has 3 nitrogen and oxygen atoms in total. The molecule has 0 atom stereocenters. The van der Waals surface area contributed by atoms with Crippen molar-refractivity contribution in [2.75, 3.05) is 6.54 Å². The number of halogens is 1. The molecule has 14 heavy (non-hydrogen) atoms. The van der Waals surface area contributed by atoms with Crippen molar-refractivity contribution < 1.29 is 0 Å². The molecule has 0 bridgehead atoms. The van der Waals surface area contributed by atoms with Gasteiger partial charge in [-0.25, -0.2) is 4.98 Å². The lowest BCUT2D eigenvalue weighted by Crippen LogP contribution is -2.07. The van der Waals surface area contributed by atoms with Gasteiger partial charge in [-0.15, -0.1) is 0 Å². The van der Waals surface area contributed by atoms with Crippen molar-refractivity contribution in [2.24, 2.45) is 5.73 Å². The second-order valence-corrected chi connectivity index (χ2v) is 4.00. The van der Waals surface area contributed by atoms with Gasteiger partial charge in [-0.05, 0) is 41.5 Å². The maximum atomic E-state index is 5.54. The molecule has 0 aliphatic rings. The minimum absolute atomic E-state index is 0.625. The van der Waals surface area contributed by atoms with E-state index in [4.69, 9.17) is 5.73 Å².